The molecule has 1 fully saturated rings. The van der Waals surface area contributed by atoms with Crippen molar-refractivity contribution in [1.82, 2.24) is 4.90 Å². The fraction of sp³-hybridized carbons (Fsp3) is 0.364. The Bertz CT molecular complexity index is 496. The molecule has 0 aromatic heterocycles. The number of rotatable bonds is 3. The first-order valence-electron chi connectivity index (χ1n) is 5.32. The van der Waals surface area contributed by atoms with Crippen molar-refractivity contribution in [3.05, 3.63) is 33.9 Å². The van der Waals surface area contributed by atoms with Gasteiger partial charge in [-0.1, -0.05) is 0 Å². The van der Waals surface area contributed by atoms with E-state index in [-0.39, 0.29) is 17.6 Å². The number of nitro groups is 1. The highest BCUT2D eigenvalue weighted by atomic mass is 16.6. The van der Waals surface area contributed by atoms with Crippen LogP contribution in [0.25, 0.3) is 0 Å². The van der Waals surface area contributed by atoms with Gasteiger partial charge in [0.25, 0.3) is 5.91 Å². The minimum absolute atomic E-state index is 0.0422. The molecule has 18 heavy (non-hydrogen) atoms. The second-order valence-corrected chi connectivity index (χ2v) is 4.03. The van der Waals surface area contributed by atoms with Crippen LogP contribution in [0.1, 0.15) is 10.4 Å². The molecule has 2 rings (SSSR count). The van der Waals surface area contributed by atoms with E-state index in [4.69, 9.17) is 4.74 Å². The number of carbonyl (C=O) groups excluding carboxylic acids is 1. The van der Waals surface area contributed by atoms with E-state index in [1.54, 1.807) is 12.0 Å². The van der Waals surface area contributed by atoms with E-state index in [9.17, 15) is 20.0 Å². The van der Waals surface area contributed by atoms with Crippen molar-refractivity contribution in [3.8, 4) is 5.75 Å². The summed E-state index contributed by atoms with van der Waals surface area (Å²) in [5.41, 5.74) is -0.183. The van der Waals surface area contributed by atoms with Gasteiger partial charge in [-0.15, -0.1) is 0 Å². The summed E-state index contributed by atoms with van der Waals surface area (Å²) < 4.78 is 5.04. The van der Waals surface area contributed by atoms with Crippen LogP contribution in [-0.4, -0.2) is 47.1 Å². The highest BCUT2D eigenvalue weighted by molar-refractivity contribution is 5.95. The van der Waals surface area contributed by atoms with Crippen LogP contribution < -0.4 is 0 Å². The van der Waals surface area contributed by atoms with E-state index in [1.165, 1.54) is 6.07 Å². The number of phenolic OH excluding ortho intramolecular Hbond substituents is 1. The van der Waals surface area contributed by atoms with Crippen molar-refractivity contribution < 1.29 is 19.6 Å². The average Bonchev–Trinajstić information content (AvgIpc) is 2.26. The number of hydrogen-bond acceptors (Lipinski definition) is 5. The van der Waals surface area contributed by atoms with Gasteiger partial charge < -0.3 is 14.7 Å². The second-order valence-electron chi connectivity index (χ2n) is 4.03. The normalized spacial score (nSPS) is 15.3. The number of likely N-dealkylation sites (tertiary alicyclic amines) is 1. The number of amides is 1. The summed E-state index contributed by atoms with van der Waals surface area (Å²) in [7, 11) is 1.57. The third-order valence-electron chi connectivity index (χ3n) is 2.89. The van der Waals surface area contributed by atoms with Crippen LogP contribution in [0, 0.1) is 10.1 Å². The number of aromatic hydroxyl groups is 1. The Kier molecular flexibility index (Phi) is 3.15. The van der Waals surface area contributed by atoms with Crippen molar-refractivity contribution in [2.45, 2.75) is 6.10 Å². The highest BCUT2D eigenvalue weighted by Crippen LogP contribution is 2.27. The lowest BCUT2D eigenvalue weighted by Crippen LogP contribution is -2.54. The van der Waals surface area contributed by atoms with E-state index in [2.05, 4.69) is 0 Å². The largest absolute Gasteiger partial charge is 0.502 e. The molecule has 1 saturated heterocycles. The molecule has 0 aliphatic carbocycles. The lowest BCUT2D eigenvalue weighted by molar-refractivity contribution is -0.385. The van der Waals surface area contributed by atoms with E-state index >= 15 is 0 Å². The van der Waals surface area contributed by atoms with E-state index in [0.717, 1.165) is 12.1 Å². The van der Waals surface area contributed by atoms with Gasteiger partial charge in [-0.25, -0.2) is 0 Å². The van der Waals surface area contributed by atoms with Crippen LogP contribution in [0.4, 0.5) is 5.69 Å². The van der Waals surface area contributed by atoms with Crippen LogP contribution in [0.15, 0.2) is 18.2 Å². The zero-order valence-electron chi connectivity index (χ0n) is 9.70. The van der Waals surface area contributed by atoms with Crippen LogP contribution >= 0.6 is 0 Å². The molecule has 0 bridgehead atoms. The first-order valence-corrected chi connectivity index (χ1v) is 5.32. The van der Waals surface area contributed by atoms with Crippen LogP contribution in [0.3, 0.4) is 0 Å². The molecule has 1 aromatic rings. The summed E-state index contributed by atoms with van der Waals surface area (Å²) in [6.45, 7) is 0.986. The maximum absolute atomic E-state index is 11.9. The van der Waals surface area contributed by atoms with Crippen LogP contribution in [0.5, 0.6) is 5.75 Å². The Morgan fingerprint density at radius 2 is 2.22 bits per heavy atom. The molecule has 7 heteroatoms. The van der Waals surface area contributed by atoms with Crippen molar-refractivity contribution in [3.63, 3.8) is 0 Å². The Morgan fingerprint density at radius 1 is 1.56 bits per heavy atom. The average molecular weight is 252 g/mol. The first kappa shape index (κ1) is 12.3. The molecule has 7 nitrogen and oxygen atoms in total. The topological polar surface area (TPSA) is 92.9 Å². The molecule has 1 aliphatic heterocycles. The van der Waals surface area contributed by atoms with Gasteiger partial charge in [0.15, 0.2) is 5.75 Å². The number of hydrogen-bond donors (Lipinski definition) is 1. The van der Waals surface area contributed by atoms with E-state index < -0.39 is 16.4 Å². The number of ether oxygens (including phenoxy) is 1. The number of carbonyl (C=O) groups is 1. The highest BCUT2D eigenvalue weighted by Gasteiger charge is 2.31. The van der Waals surface area contributed by atoms with Gasteiger partial charge in [0.1, 0.15) is 0 Å². The maximum Gasteiger partial charge on any atom is 0.310 e. The molecule has 96 valence electrons. The molecule has 0 unspecified atom stereocenters. The second kappa shape index (κ2) is 4.61. The fourth-order valence-electron chi connectivity index (χ4n) is 1.75. The Balaban J connectivity index is 2.13. The van der Waals surface area contributed by atoms with Crippen molar-refractivity contribution in [1.29, 1.82) is 0 Å². The molecular formula is C11H12N2O5. The quantitative estimate of drug-likeness (QED) is 0.633. The molecule has 1 amide bonds. The lowest BCUT2D eigenvalue weighted by Gasteiger charge is -2.38. The third-order valence-corrected chi connectivity index (χ3v) is 2.89. The van der Waals surface area contributed by atoms with Crippen molar-refractivity contribution in [2.24, 2.45) is 0 Å². The minimum Gasteiger partial charge on any atom is -0.502 e. The summed E-state index contributed by atoms with van der Waals surface area (Å²) in [6, 6.07) is 3.57. The van der Waals surface area contributed by atoms with Gasteiger partial charge in [0.05, 0.1) is 11.0 Å². The molecule has 1 aliphatic rings. The van der Waals surface area contributed by atoms with Gasteiger partial charge in [-0.2, -0.15) is 0 Å². The van der Waals surface area contributed by atoms with Crippen molar-refractivity contribution in [2.75, 3.05) is 20.2 Å². The SMILES string of the molecule is COC1CN(C(=O)c2ccc([N+](=O)[O-])c(O)c2)C1. The summed E-state index contributed by atoms with van der Waals surface area (Å²) >= 11 is 0. The smallest absolute Gasteiger partial charge is 0.310 e. The minimum atomic E-state index is -0.700. The number of phenols is 1. The van der Waals surface area contributed by atoms with E-state index in [0.29, 0.717) is 13.1 Å². The summed E-state index contributed by atoms with van der Waals surface area (Å²) in [5.74, 6) is -0.775. The molecule has 1 aromatic carbocycles. The van der Waals surface area contributed by atoms with E-state index in [1.807, 2.05) is 0 Å². The molecule has 0 spiro atoms. The molecular weight excluding hydrogens is 240 g/mol. The molecule has 0 saturated carbocycles. The van der Waals surface area contributed by atoms with Crippen molar-refractivity contribution >= 4 is 11.6 Å². The Morgan fingerprint density at radius 3 is 2.72 bits per heavy atom. The Labute approximate surface area is 103 Å². The first-order chi connectivity index (χ1) is 8.52. The Hall–Kier alpha value is -2.15. The maximum atomic E-state index is 11.9. The molecule has 0 atom stereocenters. The van der Waals surface area contributed by atoms with Gasteiger partial charge in [-0.05, 0) is 12.1 Å². The summed E-state index contributed by atoms with van der Waals surface area (Å²) in [6.07, 6.45) is 0.0422. The lowest BCUT2D eigenvalue weighted by atomic mass is 10.1. The molecule has 1 N–H and O–H groups in total. The number of nitro benzene ring substituents is 1. The fourth-order valence-corrected chi connectivity index (χ4v) is 1.75. The zero-order chi connectivity index (χ0) is 13.3. The number of nitrogens with zero attached hydrogens (tertiary/aromatic N) is 2. The molecule has 0 radical (unpaired) electrons. The number of benzene rings is 1. The van der Waals surface area contributed by atoms with Crippen LogP contribution in [-0.2, 0) is 4.74 Å². The molecule has 1 heterocycles. The predicted molar refractivity (Wildman–Crippen MR) is 61.5 cm³/mol. The van der Waals surface area contributed by atoms with Crippen LogP contribution in [0.2, 0.25) is 0 Å². The standard InChI is InChI=1S/C11H12N2O5/c1-18-8-5-12(6-8)11(15)7-2-3-9(13(16)17)10(14)4-7/h2-4,8,14H,5-6H2,1H3. The van der Waals surface area contributed by atoms with Gasteiger partial charge in [0, 0.05) is 31.8 Å². The third kappa shape index (κ3) is 2.12. The predicted octanol–water partition coefficient (Wildman–Crippen LogP) is 0.771. The van der Waals surface area contributed by atoms with Gasteiger partial charge >= 0.3 is 5.69 Å². The monoisotopic (exact) mass is 252 g/mol. The van der Waals surface area contributed by atoms with Gasteiger partial charge in [0.2, 0.25) is 0 Å². The van der Waals surface area contributed by atoms with Gasteiger partial charge in [-0.3, -0.25) is 14.9 Å². The number of methoxy groups -OCH3 is 1. The summed E-state index contributed by atoms with van der Waals surface area (Å²) in [5, 5.41) is 20.0. The zero-order valence-corrected chi connectivity index (χ0v) is 9.70. The summed E-state index contributed by atoms with van der Waals surface area (Å²) in [4.78, 5) is 23.3.